The maximum atomic E-state index is 13.0. The number of amides is 2. The Kier molecular flexibility index (Phi) is 7.87. The first-order chi connectivity index (χ1) is 14.6. The van der Waals surface area contributed by atoms with Crippen molar-refractivity contribution < 1.29 is 22.9 Å². The van der Waals surface area contributed by atoms with Gasteiger partial charge >= 0.3 is 0 Å². The molecule has 0 radical (unpaired) electrons. The molecule has 10 heteroatoms. The summed E-state index contributed by atoms with van der Waals surface area (Å²) >= 11 is 0. The number of benzene rings is 2. The van der Waals surface area contributed by atoms with Gasteiger partial charge in [0.15, 0.2) is 0 Å². The zero-order valence-electron chi connectivity index (χ0n) is 17.6. The van der Waals surface area contributed by atoms with E-state index in [1.54, 1.807) is 32.9 Å². The van der Waals surface area contributed by atoms with E-state index in [0.717, 1.165) is 5.56 Å². The van der Waals surface area contributed by atoms with E-state index in [-0.39, 0.29) is 17.0 Å². The summed E-state index contributed by atoms with van der Waals surface area (Å²) in [5, 5.41) is 10.8. The summed E-state index contributed by atoms with van der Waals surface area (Å²) in [7, 11) is -4.16. The first kappa shape index (κ1) is 24.0. The van der Waals surface area contributed by atoms with Crippen LogP contribution in [0.4, 0.5) is 5.69 Å². The molecule has 1 atom stereocenters. The van der Waals surface area contributed by atoms with Crippen LogP contribution in [-0.2, 0) is 26.0 Å². The number of non-ortho nitro benzene ring substituents is 1. The molecule has 31 heavy (non-hydrogen) atoms. The molecule has 0 aliphatic carbocycles. The van der Waals surface area contributed by atoms with Gasteiger partial charge < -0.3 is 4.90 Å². The van der Waals surface area contributed by atoms with Crippen molar-refractivity contribution in [2.24, 2.45) is 5.92 Å². The zero-order chi connectivity index (χ0) is 23.2. The summed E-state index contributed by atoms with van der Waals surface area (Å²) in [5.41, 5.74) is 1.23. The molecule has 2 rings (SSSR count). The monoisotopic (exact) mass is 447 g/mol. The van der Waals surface area contributed by atoms with Crippen molar-refractivity contribution in [2.45, 2.75) is 32.1 Å². The Balaban J connectivity index is 2.32. The van der Waals surface area contributed by atoms with Crippen LogP contribution in [0.3, 0.4) is 0 Å². The lowest BCUT2D eigenvalue weighted by atomic mass is 9.97. The molecule has 0 saturated heterocycles. The molecule has 2 amide bonds. The van der Waals surface area contributed by atoms with Crippen molar-refractivity contribution >= 4 is 27.5 Å². The van der Waals surface area contributed by atoms with Gasteiger partial charge in [-0.25, -0.2) is 13.1 Å². The molecule has 0 saturated carbocycles. The van der Waals surface area contributed by atoms with Crippen LogP contribution in [0, 0.1) is 23.0 Å². The Morgan fingerprint density at radius 2 is 1.58 bits per heavy atom. The van der Waals surface area contributed by atoms with Gasteiger partial charge in [-0.2, -0.15) is 0 Å². The molecule has 0 aliphatic rings. The van der Waals surface area contributed by atoms with Crippen LogP contribution >= 0.6 is 0 Å². The Hall–Kier alpha value is -3.27. The van der Waals surface area contributed by atoms with Gasteiger partial charge in [-0.15, -0.1) is 0 Å². The molecule has 0 spiro atoms. The average Bonchev–Trinajstić information content (AvgIpc) is 2.73. The Morgan fingerprint density at radius 3 is 2.06 bits per heavy atom. The van der Waals surface area contributed by atoms with Gasteiger partial charge in [-0.05, 0) is 44.9 Å². The number of sulfonamides is 1. The third kappa shape index (κ3) is 6.11. The van der Waals surface area contributed by atoms with Crippen LogP contribution in [0.25, 0.3) is 0 Å². The van der Waals surface area contributed by atoms with Crippen LogP contribution < -0.4 is 4.72 Å². The van der Waals surface area contributed by atoms with Crippen molar-refractivity contribution in [3.8, 4) is 0 Å². The third-order valence-electron chi connectivity index (χ3n) is 4.84. The summed E-state index contributed by atoms with van der Waals surface area (Å²) < 4.78 is 27.3. The third-order valence-corrected chi connectivity index (χ3v) is 6.21. The molecule has 0 bridgehead atoms. The maximum absolute atomic E-state index is 13.0. The summed E-state index contributed by atoms with van der Waals surface area (Å²) in [6.45, 7) is 6.02. The summed E-state index contributed by atoms with van der Waals surface area (Å²) in [6.07, 6.45) is -0.0947. The van der Waals surface area contributed by atoms with Gasteiger partial charge in [-0.1, -0.05) is 29.8 Å². The average molecular weight is 448 g/mol. The van der Waals surface area contributed by atoms with Crippen LogP contribution in [0.15, 0.2) is 53.4 Å². The van der Waals surface area contributed by atoms with Crippen LogP contribution in [0.5, 0.6) is 0 Å². The van der Waals surface area contributed by atoms with Gasteiger partial charge in [0.25, 0.3) is 15.7 Å². The topological polar surface area (TPSA) is 127 Å². The van der Waals surface area contributed by atoms with E-state index in [1.807, 2.05) is 4.72 Å². The van der Waals surface area contributed by atoms with E-state index in [9.17, 15) is 28.1 Å². The number of hydrogen-bond donors (Lipinski definition) is 1. The fourth-order valence-electron chi connectivity index (χ4n) is 3.02. The number of nitro benzene ring substituents is 1. The maximum Gasteiger partial charge on any atom is 0.269 e. The minimum Gasteiger partial charge on any atom is -0.343 e. The van der Waals surface area contributed by atoms with Crippen LogP contribution in [0.2, 0.25) is 0 Å². The van der Waals surface area contributed by atoms with E-state index in [2.05, 4.69) is 0 Å². The van der Waals surface area contributed by atoms with Gasteiger partial charge in [0.1, 0.15) is 5.92 Å². The lowest BCUT2D eigenvalue weighted by Gasteiger charge is -2.24. The van der Waals surface area contributed by atoms with Crippen LogP contribution in [0.1, 0.15) is 25.0 Å². The van der Waals surface area contributed by atoms with E-state index < -0.39 is 32.7 Å². The summed E-state index contributed by atoms with van der Waals surface area (Å²) in [4.78, 5) is 37.5. The second kappa shape index (κ2) is 10.2. The van der Waals surface area contributed by atoms with Crippen LogP contribution in [-0.4, -0.2) is 43.1 Å². The van der Waals surface area contributed by atoms with Crippen molar-refractivity contribution in [1.82, 2.24) is 9.62 Å². The predicted molar refractivity (Wildman–Crippen MR) is 115 cm³/mol. The van der Waals surface area contributed by atoms with E-state index >= 15 is 0 Å². The van der Waals surface area contributed by atoms with Crippen molar-refractivity contribution in [1.29, 1.82) is 0 Å². The molecule has 0 aliphatic heterocycles. The predicted octanol–water partition coefficient (Wildman–Crippen LogP) is 2.44. The highest BCUT2D eigenvalue weighted by molar-refractivity contribution is 7.90. The van der Waals surface area contributed by atoms with E-state index in [4.69, 9.17) is 0 Å². The highest BCUT2D eigenvalue weighted by Gasteiger charge is 2.33. The summed E-state index contributed by atoms with van der Waals surface area (Å²) in [6, 6.07) is 11.4. The summed E-state index contributed by atoms with van der Waals surface area (Å²) in [5.74, 6) is -2.77. The number of hydrogen-bond acceptors (Lipinski definition) is 6. The fourth-order valence-corrected chi connectivity index (χ4v) is 4.04. The lowest BCUT2D eigenvalue weighted by molar-refractivity contribution is -0.384. The number of nitrogens with zero attached hydrogens (tertiary/aromatic N) is 2. The minimum atomic E-state index is -4.16. The van der Waals surface area contributed by atoms with Crippen molar-refractivity contribution in [2.75, 3.05) is 13.1 Å². The second-order valence-corrected chi connectivity index (χ2v) is 8.66. The van der Waals surface area contributed by atoms with Gasteiger partial charge in [-0.3, -0.25) is 19.7 Å². The molecule has 1 unspecified atom stereocenters. The van der Waals surface area contributed by atoms with E-state index in [1.165, 1.54) is 41.3 Å². The number of nitro groups is 1. The molecule has 2 aromatic carbocycles. The highest BCUT2D eigenvalue weighted by atomic mass is 32.2. The Bertz CT molecular complexity index is 1050. The first-order valence-corrected chi connectivity index (χ1v) is 11.2. The van der Waals surface area contributed by atoms with Gasteiger partial charge in [0.05, 0.1) is 9.82 Å². The van der Waals surface area contributed by atoms with Gasteiger partial charge in [0.2, 0.25) is 11.8 Å². The Morgan fingerprint density at radius 1 is 1.03 bits per heavy atom. The first-order valence-electron chi connectivity index (χ1n) is 9.74. The number of aryl methyl sites for hydroxylation is 1. The molecule has 1 N–H and O–H groups in total. The molecule has 2 aromatic rings. The Labute approximate surface area is 181 Å². The smallest absolute Gasteiger partial charge is 0.269 e. The molecular formula is C21H25N3O6S. The normalized spacial score (nSPS) is 12.1. The largest absolute Gasteiger partial charge is 0.343 e. The fraction of sp³-hybridized carbons (Fsp3) is 0.333. The minimum absolute atomic E-state index is 0.0872. The number of carbonyl (C=O) groups is 2. The van der Waals surface area contributed by atoms with Gasteiger partial charge in [0, 0.05) is 25.2 Å². The van der Waals surface area contributed by atoms with Crippen molar-refractivity contribution in [3.05, 3.63) is 69.8 Å². The zero-order valence-corrected chi connectivity index (χ0v) is 18.4. The number of rotatable bonds is 9. The highest BCUT2D eigenvalue weighted by Crippen LogP contribution is 2.18. The van der Waals surface area contributed by atoms with Crippen molar-refractivity contribution in [3.63, 3.8) is 0 Å². The second-order valence-electron chi connectivity index (χ2n) is 6.97. The standard InChI is InChI=1S/C21H25N3O6S/c1-4-23(5-2)21(26)19(14-16-8-10-17(11-9-16)24(27)28)20(25)22-31(29,30)18-12-6-15(3)7-13-18/h6-13,19H,4-5,14H2,1-3H3,(H,22,25). The molecular weight excluding hydrogens is 422 g/mol. The molecule has 0 aromatic heterocycles. The SMILES string of the molecule is CCN(CC)C(=O)C(Cc1ccc([N+](=O)[O-])cc1)C(=O)NS(=O)(=O)c1ccc(C)cc1. The molecule has 9 nitrogen and oxygen atoms in total. The molecule has 0 fully saturated rings. The number of nitrogens with one attached hydrogen (secondary N) is 1. The molecule has 166 valence electrons. The van der Waals surface area contributed by atoms with E-state index in [0.29, 0.717) is 18.7 Å². The molecule has 0 heterocycles. The lowest BCUT2D eigenvalue weighted by Crippen LogP contribution is -2.46. The number of carbonyl (C=O) groups excluding carboxylic acids is 2. The quantitative estimate of drug-likeness (QED) is 0.357.